The van der Waals surface area contributed by atoms with Crippen LogP contribution in [0.1, 0.15) is 57.4 Å². The fraction of sp³-hybridized carbons (Fsp3) is 0.667. The maximum atomic E-state index is 12.3. The fourth-order valence-corrected chi connectivity index (χ4v) is 4.94. The van der Waals surface area contributed by atoms with Crippen molar-refractivity contribution in [1.29, 1.82) is 0 Å². The van der Waals surface area contributed by atoms with Gasteiger partial charge in [0.2, 0.25) is 0 Å². The van der Waals surface area contributed by atoms with Crippen molar-refractivity contribution in [3.8, 4) is 0 Å². The number of benzene rings is 1. The summed E-state index contributed by atoms with van der Waals surface area (Å²) in [6.07, 6.45) is 8.10. The number of ether oxygens (including phenoxy) is 1. The van der Waals surface area contributed by atoms with Gasteiger partial charge in [-0.15, -0.1) is 24.0 Å². The molecule has 0 radical (unpaired) electrons. The summed E-state index contributed by atoms with van der Waals surface area (Å²) in [5, 5.41) is 10.00. The van der Waals surface area contributed by atoms with Crippen LogP contribution < -0.4 is 16.0 Å². The molecule has 178 valence electrons. The zero-order valence-corrected chi connectivity index (χ0v) is 21.5. The Kier molecular flexibility index (Phi) is 10.1. The highest BCUT2D eigenvalue weighted by Crippen LogP contribution is 2.26. The summed E-state index contributed by atoms with van der Waals surface area (Å²) in [6.45, 7) is 6.47. The minimum absolute atomic E-state index is 0. The van der Waals surface area contributed by atoms with Crippen LogP contribution in [0, 0.1) is 0 Å². The maximum absolute atomic E-state index is 12.3. The molecule has 3 fully saturated rings. The normalized spacial score (nSPS) is 24.3. The molecule has 32 heavy (non-hydrogen) atoms. The Bertz CT molecular complexity index is 763. The number of nitrogens with zero attached hydrogens (tertiary/aromatic N) is 2. The molecule has 4 rings (SSSR count). The van der Waals surface area contributed by atoms with Gasteiger partial charge in [0.1, 0.15) is 6.10 Å². The predicted molar refractivity (Wildman–Crippen MR) is 140 cm³/mol. The number of carbonyl (C=O) groups excluding carboxylic acids is 1. The first kappa shape index (κ1) is 25.2. The molecule has 2 unspecified atom stereocenters. The van der Waals surface area contributed by atoms with Gasteiger partial charge in [0.15, 0.2) is 5.96 Å². The Morgan fingerprint density at radius 3 is 2.78 bits per heavy atom. The number of anilines is 1. The van der Waals surface area contributed by atoms with E-state index in [9.17, 15) is 4.79 Å². The third kappa shape index (κ3) is 7.05. The molecular weight excluding hydrogens is 517 g/mol. The van der Waals surface area contributed by atoms with Crippen LogP contribution in [-0.2, 0) is 16.1 Å². The number of rotatable bonds is 7. The van der Waals surface area contributed by atoms with Gasteiger partial charge in [-0.2, -0.15) is 0 Å². The first-order valence-corrected chi connectivity index (χ1v) is 12.0. The number of guanidine groups is 1. The highest BCUT2D eigenvalue weighted by molar-refractivity contribution is 14.0. The van der Waals surface area contributed by atoms with Crippen molar-refractivity contribution < 1.29 is 9.53 Å². The summed E-state index contributed by atoms with van der Waals surface area (Å²) in [4.78, 5) is 19.8. The second-order valence-electron chi connectivity index (χ2n) is 8.95. The lowest BCUT2D eigenvalue weighted by atomic mass is 10.2. The zero-order chi connectivity index (χ0) is 21.5. The maximum Gasteiger partial charge on any atom is 0.253 e. The van der Waals surface area contributed by atoms with Gasteiger partial charge in [0.05, 0.1) is 6.54 Å². The molecule has 1 aromatic rings. The number of halogens is 1. The second-order valence-corrected chi connectivity index (χ2v) is 8.95. The Labute approximate surface area is 209 Å². The summed E-state index contributed by atoms with van der Waals surface area (Å²) in [5.41, 5.74) is 1.87. The fourth-order valence-electron chi connectivity index (χ4n) is 4.94. The SMILES string of the molecule is CCNC(=NCc1cccc(NC(=O)C2CCCO2)c1)NC1CCN(C2CCCC2)C1.I. The van der Waals surface area contributed by atoms with E-state index in [1.54, 1.807) is 0 Å². The van der Waals surface area contributed by atoms with Gasteiger partial charge in [0.25, 0.3) is 5.91 Å². The number of hydrogen-bond acceptors (Lipinski definition) is 4. The van der Waals surface area contributed by atoms with E-state index in [4.69, 9.17) is 9.73 Å². The van der Waals surface area contributed by atoms with Gasteiger partial charge in [-0.1, -0.05) is 25.0 Å². The molecule has 0 bridgehead atoms. The third-order valence-corrected chi connectivity index (χ3v) is 6.58. The second kappa shape index (κ2) is 12.7. The first-order chi connectivity index (χ1) is 15.2. The van der Waals surface area contributed by atoms with E-state index in [0.717, 1.165) is 49.2 Å². The quantitative estimate of drug-likeness (QED) is 0.273. The van der Waals surface area contributed by atoms with E-state index in [1.165, 1.54) is 38.6 Å². The van der Waals surface area contributed by atoms with Gasteiger partial charge < -0.3 is 20.7 Å². The predicted octanol–water partition coefficient (Wildman–Crippen LogP) is 3.49. The van der Waals surface area contributed by atoms with E-state index in [0.29, 0.717) is 19.2 Å². The molecule has 3 aliphatic rings. The number of amides is 1. The number of hydrogen-bond donors (Lipinski definition) is 3. The van der Waals surface area contributed by atoms with Gasteiger partial charge in [-0.05, 0) is 56.7 Å². The van der Waals surface area contributed by atoms with Crippen LogP contribution in [0.4, 0.5) is 5.69 Å². The van der Waals surface area contributed by atoms with Gasteiger partial charge >= 0.3 is 0 Å². The van der Waals surface area contributed by atoms with Gasteiger partial charge in [0, 0.05) is 44.0 Å². The van der Waals surface area contributed by atoms with Crippen molar-refractivity contribution in [3.63, 3.8) is 0 Å². The van der Waals surface area contributed by atoms with Crippen LogP contribution in [0.3, 0.4) is 0 Å². The Balaban J connectivity index is 0.00000289. The molecule has 2 atom stereocenters. The van der Waals surface area contributed by atoms with Crippen LogP contribution in [-0.4, -0.2) is 61.2 Å². The highest BCUT2D eigenvalue weighted by Gasteiger charge is 2.30. The highest BCUT2D eigenvalue weighted by atomic mass is 127. The molecule has 1 aliphatic carbocycles. The largest absolute Gasteiger partial charge is 0.368 e. The smallest absolute Gasteiger partial charge is 0.253 e. The van der Waals surface area contributed by atoms with Crippen molar-refractivity contribution in [2.45, 2.75) is 76.6 Å². The third-order valence-electron chi connectivity index (χ3n) is 6.58. The lowest BCUT2D eigenvalue weighted by molar-refractivity contribution is -0.124. The van der Waals surface area contributed by atoms with Crippen molar-refractivity contribution in [3.05, 3.63) is 29.8 Å². The van der Waals surface area contributed by atoms with Crippen molar-refractivity contribution in [1.82, 2.24) is 15.5 Å². The Morgan fingerprint density at radius 2 is 2.03 bits per heavy atom. The lowest BCUT2D eigenvalue weighted by Gasteiger charge is -2.24. The van der Waals surface area contributed by atoms with Crippen LogP contribution >= 0.6 is 24.0 Å². The molecule has 1 aromatic carbocycles. The summed E-state index contributed by atoms with van der Waals surface area (Å²) in [6, 6.07) is 9.17. The van der Waals surface area contributed by atoms with Crippen molar-refractivity contribution in [2.75, 3.05) is 31.6 Å². The number of aliphatic imine (C=N–C) groups is 1. The summed E-state index contributed by atoms with van der Waals surface area (Å²) in [7, 11) is 0. The van der Waals surface area contributed by atoms with Crippen molar-refractivity contribution in [2.24, 2.45) is 4.99 Å². The molecular formula is C24H38IN5O2. The minimum Gasteiger partial charge on any atom is -0.368 e. The first-order valence-electron chi connectivity index (χ1n) is 12.0. The molecule has 2 heterocycles. The van der Waals surface area contributed by atoms with Gasteiger partial charge in [-0.25, -0.2) is 4.99 Å². The van der Waals surface area contributed by atoms with Crippen molar-refractivity contribution >= 4 is 41.5 Å². The van der Waals surface area contributed by atoms with Crippen LogP contribution in [0.15, 0.2) is 29.3 Å². The summed E-state index contributed by atoms with van der Waals surface area (Å²) in [5.74, 6) is 0.816. The topological polar surface area (TPSA) is 78.0 Å². The number of nitrogens with one attached hydrogen (secondary N) is 3. The summed E-state index contributed by atoms with van der Waals surface area (Å²) >= 11 is 0. The Hall–Kier alpha value is -1.39. The monoisotopic (exact) mass is 555 g/mol. The van der Waals surface area contributed by atoms with E-state index >= 15 is 0 Å². The molecule has 0 spiro atoms. The van der Waals surface area contributed by atoms with Gasteiger partial charge in [-0.3, -0.25) is 9.69 Å². The lowest BCUT2D eigenvalue weighted by Crippen LogP contribution is -2.45. The average molecular weight is 556 g/mol. The summed E-state index contributed by atoms with van der Waals surface area (Å²) < 4.78 is 5.47. The molecule has 2 aliphatic heterocycles. The molecule has 0 aromatic heterocycles. The zero-order valence-electron chi connectivity index (χ0n) is 19.1. The van der Waals surface area contributed by atoms with Crippen LogP contribution in [0.5, 0.6) is 0 Å². The number of likely N-dealkylation sites (tertiary alicyclic amines) is 1. The Morgan fingerprint density at radius 1 is 1.19 bits per heavy atom. The molecule has 2 saturated heterocycles. The average Bonchev–Trinajstić information content (AvgIpc) is 3.55. The molecule has 3 N–H and O–H groups in total. The minimum atomic E-state index is -0.318. The molecule has 1 saturated carbocycles. The van der Waals surface area contributed by atoms with E-state index < -0.39 is 0 Å². The van der Waals surface area contributed by atoms with E-state index in [2.05, 4.69) is 27.8 Å². The molecule has 1 amide bonds. The van der Waals surface area contributed by atoms with Crippen LogP contribution in [0.25, 0.3) is 0 Å². The van der Waals surface area contributed by atoms with E-state index in [-0.39, 0.29) is 36.0 Å². The van der Waals surface area contributed by atoms with E-state index in [1.807, 2.05) is 24.3 Å². The molecule has 7 nitrogen and oxygen atoms in total. The molecule has 8 heteroatoms. The van der Waals surface area contributed by atoms with Crippen LogP contribution in [0.2, 0.25) is 0 Å². The number of carbonyl (C=O) groups is 1. The standard InChI is InChI=1S/C24H37N5O2.HI/c1-2-25-24(28-20-12-13-29(17-20)21-9-3-4-10-21)26-16-18-7-5-8-19(15-18)27-23(30)22-11-6-14-31-22;/h5,7-8,15,20-22H,2-4,6,9-14,16-17H2,1H3,(H,27,30)(H2,25,26,28);1H.